The quantitative estimate of drug-likeness (QED) is 0.537. The average Bonchev–Trinajstić information content (AvgIpc) is 3.56. The summed E-state index contributed by atoms with van der Waals surface area (Å²) in [5.41, 5.74) is 0.907. The average molecular weight is 459 g/mol. The first kappa shape index (κ1) is 21.3. The standard InChI is InChI=1S/C24H31ClN4OS/c1-15(20-13-16-10-11-17(20)12-16)26-22(30)14-31-24-28-27-23(19-8-4-5-9-21(19)25)29(24)18-6-2-3-7-18/h4-5,8-9,15-18,20H,2-3,6-7,10-14H2,1H3,(H,26,30). The van der Waals surface area contributed by atoms with Gasteiger partial charge in [-0.05, 0) is 68.9 Å². The molecule has 3 aliphatic carbocycles. The zero-order valence-electron chi connectivity index (χ0n) is 18.1. The van der Waals surface area contributed by atoms with Crippen LogP contribution in [0, 0.1) is 17.8 Å². The zero-order chi connectivity index (χ0) is 21.4. The van der Waals surface area contributed by atoms with E-state index in [2.05, 4.69) is 27.0 Å². The molecule has 166 valence electrons. The summed E-state index contributed by atoms with van der Waals surface area (Å²) in [6.45, 7) is 2.18. The van der Waals surface area contributed by atoms with Crippen LogP contribution in [0.1, 0.15) is 64.3 Å². The van der Waals surface area contributed by atoms with E-state index in [4.69, 9.17) is 11.6 Å². The minimum atomic E-state index is 0.0977. The summed E-state index contributed by atoms with van der Waals surface area (Å²) in [4.78, 5) is 12.7. The number of amides is 1. The third-order valence-electron chi connectivity index (χ3n) is 7.63. The summed E-state index contributed by atoms with van der Waals surface area (Å²) in [5, 5.41) is 13.8. The Hall–Kier alpha value is -1.53. The predicted molar refractivity (Wildman–Crippen MR) is 125 cm³/mol. The van der Waals surface area contributed by atoms with Crippen molar-refractivity contribution in [2.45, 2.75) is 75.5 Å². The number of benzene rings is 1. The molecule has 2 bridgehead atoms. The summed E-state index contributed by atoms with van der Waals surface area (Å²) >= 11 is 7.97. The van der Waals surface area contributed by atoms with E-state index in [9.17, 15) is 4.79 Å². The highest BCUT2D eigenvalue weighted by Crippen LogP contribution is 2.49. The number of hydrogen-bond donors (Lipinski definition) is 1. The summed E-state index contributed by atoms with van der Waals surface area (Å²) in [5.74, 6) is 3.66. The maximum atomic E-state index is 12.7. The number of nitrogens with one attached hydrogen (secondary N) is 1. The number of halogens is 1. The van der Waals surface area contributed by atoms with Crippen LogP contribution in [0.25, 0.3) is 11.4 Å². The molecular weight excluding hydrogens is 428 g/mol. The summed E-state index contributed by atoms with van der Waals surface area (Å²) in [6.07, 6.45) is 10.1. The molecule has 0 spiro atoms. The Kier molecular flexibility index (Phi) is 6.29. The van der Waals surface area contributed by atoms with Crippen molar-refractivity contribution in [3.05, 3.63) is 29.3 Å². The fraction of sp³-hybridized carbons (Fsp3) is 0.625. The van der Waals surface area contributed by atoms with Gasteiger partial charge in [0, 0.05) is 17.6 Å². The maximum Gasteiger partial charge on any atom is 0.230 e. The highest BCUT2D eigenvalue weighted by atomic mass is 35.5. The van der Waals surface area contributed by atoms with Crippen LogP contribution >= 0.6 is 23.4 Å². The van der Waals surface area contributed by atoms with Crippen molar-refractivity contribution in [1.29, 1.82) is 0 Å². The van der Waals surface area contributed by atoms with E-state index < -0.39 is 0 Å². The van der Waals surface area contributed by atoms with Crippen LogP contribution in [0.3, 0.4) is 0 Å². The van der Waals surface area contributed by atoms with Crippen molar-refractivity contribution < 1.29 is 4.79 Å². The normalized spacial score (nSPS) is 26.5. The highest BCUT2D eigenvalue weighted by molar-refractivity contribution is 7.99. The molecule has 5 rings (SSSR count). The smallest absolute Gasteiger partial charge is 0.230 e. The first-order chi connectivity index (χ1) is 15.1. The summed E-state index contributed by atoms with van der Waals surface area (Å²) in [6, 6.07) is 8.43. The van der Waals surface area contributed by atoms with Gasteiger partial charge in [0.15, 0.2) is 11.0 Å². The fourth-order valence-corrected chi connectivity index (χ4v) is 7.17. The third-order valence-corrected chi connectivity index (χ3v) is 8.90. The van der Waals surface area contributed by atoms with Gasteiger partial charge in [-0.2, -0.15) is 0 Å². The van der Waals surface area contributed by atoms with Gasteiger partial charge in [0.1, 0.15) is 0 Å². The molecule has 5 nitrogen and oxygen atoms in total. The molecular formula is C24H31ClN4OS. The number of rotatable bonds is 7. The van der Waals surface area contributed by atoms with Crippen molar-refractivity contribution in [1.82, 2.24) is 20.1 Å². The van der Waals surface area contributed by atoms with Crippen molar-refractivity contribution in [2.75, 3.05) is 5.75 Å². The van der Waals surface area contributed by atoms with Gasteiger partial charge >= 0.3 is 0 Å². The number of hydrogen-bond acceptors (Lipinski definition) is 4. The Bertz CT molecular complexity index is 941. The second-order valence-electron chi connectivity index (χ2n) is 9.58. The van der Waals surface area contributed by atoms with Gasteiger partial charge < -0.3 is 5.32 Å². The molecule has 2 aromatic rings. The lowest BCUT2D eigenvalue weighted by Crippen LogP contribution is -2.41. The molecule has 1 aromatic heterocycles. The van der Waals surface area contributed by atoms with E-state index in [0.717, 1.165) is 41.2 Å². The van der Waals surface area contributed by atoms with Gasteiger partial charge in [0.05, 0.1) is 10.8 Å². The Morgan fingerprint density at radius 1 is 1.19 bits per heavy atom. The second-order valence-corrected chi connectivity index (χ2v) is 10.9. The maximum absolute atomic E-state index is 12.7. The summed E-state index contributed by atoms with van der Waals surface area (Å²) in [7, 11) is 0. The van der Waals surface area contributed by atoms with Gasteiger partial charge in [-0.3, -0.25) is 9.36 Å². The Morgan fingerprint density at radius 3 is 2.71 bits per heavy atom. The molecule has 4 unspecified atom stereocenters. The monoisotopic (exact) mass is 458 g/mol. The van der Waals surface area contributed by atoms with E-state index in [-0.39, 0.29) is 11.9 Å². The molecule has 0 saturated heterocycles. The Morgan fingerprint density at radius 2 is 2.00 bits per heavy atom. The van der Waals surface area contributed by atoms with Crippen LogP contribution in [0.4, 0.5) is 0 Å². The number of carbonyl (C=O) groups excluding carboxylic acids is 1. The van der Waals surface area contributed by atoms with E-state index >= 15 is 0 Å². The van der Waals surface area contributed by atoms with E-state index in [1.165, 1.54) is 50.3 Å². The lowest BCUT2D eigenvalue weighted by molar-refractivity contribution is -0.119. The Labute approximate surface area is 193 Å². The van der Waals surface area contributed by atoms with Crippen molar-refractivity contribution >= 4 is 29.3 Å². The SMILES string of the molecule is CC(NC(=O)CSc1nnc(-c2ccccc2Cl)n1C1CCCC1)C1CC2CCC1C2. The van der Waals surface area contributed by atoms with Crippen LogP contribution in [0.2, 0.25) is 5.02 Å². The molecule has 0 aliphatic heterocycles. The van der Waals surface area contributed by atoms with E-state index in [0.29, 0.717) is 22.7 Å². The number of carbonyl (C=O) groups is 1. The van der Waals surface area contributed by atoms with E-state index in [1.54, 1.807) is 0 Å². The number of fused-ring (bicyclic) bond motifs is 2. The molecule has 1 heterocycles. The molecule has 1 aromatic carbocycles. The lowest BCUT2D eigenvalue weighted by atomic mass is 9.84. The number of nitrogens with zero attached hydrogens (tertiary/aromatic N) is 3. The van der Waals surface area contributed by atoms with Crippen LogP contribution in [0.5, 0.6) is 0 Å². The molecule has 3 fully saturated rings. The van der Waals surface area contributed by atoms with Gasteiger partial charge in [-0.15, -0.1) is 10.2 Å². The molecule has 4 atom stereocenters. The first-order valence-corrected chi connectivity index (χ1v) is 13.1. The minimum absolute atomic E-state index is 0.0977. The van der Waals surface area contributed by atoms with Crippen molar-refractivity contribution in [3.8, 4) is 11.4 Å². The molecule has 1 N–H and O–H groups in total. The molecule has 0 radical (unpaired) electrons. The highest BCUT2D eigenvalue weighted by Gasteiger charge is 2.42. The number of thioether (sulfide) groups is 1. The predicted octanol–water partition coefficient (Wildman–Crippen LogP) is 5.75. The van der Waals surface area contributed by atoms with Gasteiger partial charge in [0.25, 0.3) is 0 Å². The van der Waals surface area contributed by atoms with Gasteiger partial charge in [-0.1, -0.05) is 54.8 Å². The van der Waals surface area contributed by atoms with E-state index in [1.807, 2.05) is 24.3 Å². The molecule has 3 aliphatic rings. The largest absolute Gasteiger partial charge is 0.353 e. The zero-order valence-corrected chi connectivity index (χ0v) is 19.7. The first-order valence-electron chi connectivity index (χ1n) is 11.7. The topological polar surface area (TPSA) is 59.8 Å². The van der Waals surface area contributed by atoms with Crippen molar-refractivity contribution in [2.24, 2.45) is 17.8 Å². The fourth-order valence-electron chi connectivity index (χ4n) is 6.13. The van der Waals surface area contributed by atoms with Crippen LogP contribution in [-0.2, 0) is 4.79 Å². The Balaban J connectivity index is 1.28. The lowest BCUT2D eigenvalue weighted by Gasteiger charge is -2.28. The van der Waals surface area contributed by atoms with Crippen LogP contribution in [0.15, 0.2) is 29.4 Å². The van der Waals surface area contributed by atoms with Crippen LogP contribution < -0.4 is 5.32 Å². The number of aromatic nitrogens is 3. The van der Waals surface area contributed by atoms with Crippen molar-refractivity contribution in [3.63, 3.8) is 0 Å². The molecule has 1 amide bonds. The van der Waals surface area contributed by atoms with Crippen LogP contribution in [-0.4, -0.2) is 32.5 Å². The molecule has 31 heavy (non-hydrogen) atoms. The minimum Gasteiger partial charge on any atom is -0.353 e. The molecule has 3 saturated carbocycles. The summed E-state index contributed by atoms with van der Waals surface area (Å²) < 4.78 is 2.23. The second kappa shape index (κ2) is 9.14. The van der Waals surface area contributed by atoms with Gasteiger partial charge in [0.2, 0.25) is 5.91 Å². The third kappa shape index (κ3) is 4.38. The molecule has 7 heteroatoms. The van der Waals surface area contributed by atoms with Gasteiger partial charge in [-0.25, -0.2) is 0 Å².